The van der Waals surface area contributed by atoms with Gasteiger partial charge in [0.05, 0.1) is 22.5 Å². The van der Waals surface area contributed by atoms with Crippen LogP contribution in [-0.4, -0.2) is 26.3 Å². The Labute approximate surface area is 184 Å². The summed E-state index contributed by atoms with van der Waals surface area (Å²) in [6, 6.07) is 13.6. The molecule has 0 radical (unpaired) electrons. The molecule has 2 heterocycles. The number of rotatable bonds is 5. The number of nitrogens with zero attached hydrogens (tertiary/aromatic N) is 3. The van der Waals surface area contributed by atoms with Gasteiger partial charge in [-0.25, -0.2) is 9.50 Å². The maximum Gasteiger partial charge on any atom is 0.416 e. The second kappa shape index (κ2) is 8.60. The Morgan fingerprint density at radius 2 is 1.90 bits per heavy atom. The Balaban J connectivity index is 1.48. The first-order chi connectivity index (χ1) is 14.8. The Morgan fingerprint density at radius 1 is 1.13 bits per heavy atom. The number of fused-ring (bicyclic) bond motifs is 1. The van der Waals surface area contributed by atoms with E-state index in [1.165, 1.54) is 23.9 Å². The number of halogens is 4. The minimum Gasteiger partial charge on any atom is -0.325 e. The van der Waals surface area contributed by atoms with Crippen LogP contribution >= 0.6 is 23.4 Å². The van der Waals surface area contributed by atoms with Crippen LogP contribution in [0.4, 0.5) is 18.9 Å². The molecule has 10 heteroatoms. The van der Waals surface area contributed by atoms with Gasteiger partial charge in [0, 0.05) is 28.7 Å². The van der Waals surface area contributed by atoms with E-state index in [4.69, 9.17) is 11.6 Å². The molecular weight excluding hydrogens is 449 g/mol. The number of benzene rings is 2. The Morgan fingerprint density at radius 3 is 2.65 bits per heavy atom. The van der Waals surface area contributed by atoms with Crippen LogP contribution in [0.2, 0.25) is 5.02 Å². The van der Waals surface area contributed by atoms with Crippen molar-refractivity contribution in [3.63, 3.8) is 0 Å². The lowest BCUT2D eigenvalue weighted by Crippen LogP contribution is -2.15. The number of carbonyl (C=O) groups excluding carboxylic acids is 1. The van der Waals surface area contributed by atoms with E-state index in [0.717, 1.165) is 23.4 Å². The quantitative estimate of drug-likeness (QED) is 0.381. The SMILES string of the molecule is O=C(CSc1nccn2nc(-c3ccc(Cl)cc3)cc12)Nc1cccc(C(F)(F)F)c1. The number of amides is 1. The number of aromatic nitrogens is 3. The van der Waals surface area contributed by atoms with Crippen LogP contribution < -0.4 is 5.32 Å². The Kier molecular flexibility index (Phi) is 5.88. The fraction of sp³-hybridized carbons (Fsp3) is 0.0952. The lowest BCUT2D eigenvalue weighted by molar-refractivity contribution is -0.137. The third kappa shape index (κ3) is 5.00. The van der Waals surface area contributed by atoms with Gasteiger partial charge in [-0.3, -0.25) is 4.79 Å². The normalized spacial score (nSPS) is 11.6. The smallest absolute Gasteiger partial charge is 0.325 e. The van der Waals surface area contributed by atoms with Gasteiger partial charge in [-0.15, -0.1) is 0 Å². The van der Waals surface area contributed by atoms with E-state index >= 15 is 0 Å². The summed E-state index contributed by atoms with van der Waals surface area (Å²) in [5.74, 6) is -0.463. The summed E-state index contributed by atoms with van der Waals surface area (Å²) in [6.45, 7) is 0. The van der Waals surface area contributed by atoms with Crippen LogP contribution in [0.25, 0.3) is 16.8 Å². The Hall–Kier alpha value is -3.04. The number of anilines is 1. The van der Waals surface area contributed by atoms with E-state index in [2.05, 4.69) is 15.4 Å². The van der Waals surface area contributed by atoms with Crippen LogP contribution in [0.1, 0.15) is 5.56 Å². The summed E-state index contributed by atoms with van der Waals surface area (Å²) in [5, 5.41) is 8.20. The van der Waals surface area contributed by atoms with Gasteiger partial charge in [-0.1, -0.05) is 41.6 Å². The Bertz CT molecular complexity index is 1240. The molecule has 1 amide bonds. The van der Waals surface area contributed by atoms with Gasteiger partial charge in [0.25, 0.3) is 0 Å². The fourth-order valence-corrected chi connectivity index (χ4v) is 3.78. The summed E-state index contributed by atoms with van der Waals surface area (Å²) in [4.78, 5) is 16.6. The molecule has 0 bridgehead atoms. The summed E-state index contributed by atoms with van der Waals surface area (Å²) in [6.07, 6.45) is -1.21. The highest BCUT2D eigenvalue weighted by molar-refractivity contribution is 8.00. The van der Waals surface area contributed by atoms with E-state index in [1.54, 1.807) is 29.0 Å². The summed E-state index contributed by atoms with van der Waals surface area (Å²) < 4.78 is 40.1. The number of carbonyl (C=O) groups is 1. The van der Waals surface area contributed by atoms with Crippen molar-refractivity contribution < 1.29 is 18.0 Å². The fourth-order valence-electron chi connectivity index (χ4n) is 2.88. The van der Waals surface area contributed by atoms with Crippen LogP contribution in [0.15, 0.2) is 72.0 Å². The van der Waals surface area contributed by atoms with Gasteiger partial charge in [0.15, 0.2) is 0 Å². The van der Waals surface area contributed by atoms with Crippen molar-refractivity contribution in [2.45, 2.75) is 11.2 Å². The third-order valence-corrected chi connectivity index (χ3v) is 5.55. The third-order valence-electron chi connectivity index (χ3n) is 4.31. The molecule has 2 aromatic carbocycles. The molecule has 4 rings (SSSR count). The number of alkyl halides is 3. The van der Waals surface area contributed by atoms with E-state index in [1.807, 2.05) is 18.2 Å². The number of nitrogens with one attached hydrogen (secondary N) is 1. The van der Waals surface area contributed by atoms with Gasteiger partial charge >= 0.3 is 6.18 Å². The molecule has 0 fully saturated rings. The zero-order valence-corrected chi connectivity index (χ0v) is 17.3. The van der Waals surface area contributed by atoms with Crippen molar-refractivity contribution in [1.29, 1.82) is 0 Å². The van der Waals surface area contributed by atoms with Gasteiger partial charge in [-0.2, -0.15) is 18.3 Å². The highest BCUT2D eigenvalue weighted by Crippen LogP contribution is 2.31. The number of hydrogen-bond donors (Lipinski definition) is 1. The molecule has 0 spiro atoms. The summed E-state index contributed by atoms with van der Waals surface area (Å²) in [5.41, 5.74) is 1.58. The second-order valence-corrected chi connectivity index (χ2v) is 7.91. The highest BCUT2D eigenvalue weighted by Gasteiger charge is 2.30. The van der Waals surface area contributed by atoms with Crippen LogP contribution in [0.3, 0.4) is 0 Å². The van der Waals surface area contributed by atoms with Crippen molar-refractivity contribution in [3.8, 4) is 11.3 Å². The molecule has 2 aromatic heterocycles. The largest absolute Gasteiger partial charge is 0.416 e. The number of thioether (sulfide) groups is 1. The maximum absolute atomic E-state index is 12.8. The molecule has 31 heavy (non-hydrogen) atoms. The predicted molar refractivity (Wildman–Crippen MR) is 114 cm³/mol. The van der Waals surface area contributed by atoms with Crippen molar-refractivity contribution in [1.82, 2.24) is 14.6 Å². The van der Waals surface area contributed by atoms with Crippen LogP contribution in [0, 0.1) is 0 Å². The first kappa shape index (κ1) is 21.2. The summed E-state index contributed by atoms with van der Waals surface area (Å²) in [7, 11) is 0. The predicted octanol–water partition coefficient (Wildman–Crippen LogP) is 5.80. The van der Waals surface area contributed by atoms with E-state index in [9.17, 15) is 18.0 Å². The first-order valence-corrected chi connectivity index (χ1v) is 10.4. The first-order valence-electron chi connectivity index (χ1n) is 9.00. The molecule has 0 aliphatic heterocycles. The monoisotopic (exact) mass is 462 g/mol. The molecule has 5 nitrogen and oxygen atoms in total. The number of hydrogen-bond acceptors (Lipinski definition) is 4. The van der Waals surface area contributed by atoms with Gasteiger partial charge in [-0.05, 0) is 36.4 Å². The van der Waals surface area contributed by atoms with Crippen molar-refractivity contribution >= 4 is 40.5 Å². The minimum atomic E-state index is -4.47. The van der Waals surface area contributed by atoms with E-state index in [-0.39, 0.29) is 11.4 Å². The van der Waals surface area contributed by atoms with E-state index < -0.39 is 17.6 Å². The maximum atomic E-state index is 12.8. The highest BCUT2D eigenvalue weighted by atomic mass is 35.5. The molecule has 0 aliphatic rings. The molecule has 1 N–H and O–H groups in total. The molecule has 0 saturated carbocycles. The minimum absolute atomic E-state index is 0.0234. The average Bonchev–Trinajstić information content (AvgIpc) is 3.17. The van der Waals surface area contributed by atoms with Crippen molar-refractivity contribution in [2.75, 3.05) is 11.1 Å². The van der Waals surface area contributed by atoms with Crippen molar-refractivity contribution in [2.24, 2.45) is 0 Å². The lowest BCUT2D eigenvalue weighted by atomic mass is 10.1. The van der Waals surface area contributed by atoms with E-state index in [0.29, 0.717) is 15.6 Å². The second-order valence-electron chi connectivity index (χ2n) is 6.51. The molecule has 0 aliphatic carbocycles. The van der Waals surface area contributed by atoms with Crippen LogP contribution in [0.5, 0.6) is 0 Å². The molecule has 0 atom stereocenters. The molecule has 158 valence electrons. The van der Waals surface area contributed by atoms with Crippen molar-refractivity contribution in [3.05, 3.63) is 77.6 Å². The molecule has 4 aromatic rings. The zero-order chi connectivity index (χ0) is 22.0. The topological polar surface area (TPSA) is 59.3 Å². The lowest BCUT2D eigenvalue weighted by Gasteiger charge is -2.09. The van der Waals surface area contributed by atoms with Gasteiger partial charge in [0.1, 0.15) is 5.03 Å². The standard InChI is InChI=1S/C21H14ClF3N4OS/c22-15-6-4-13(5-7-15)17-11-18-20(26-8-9-29(18)28-17)31-12-19(30)27-16-3-1-2-14(10-16)21(23,24)25/h1-11H,12H2,(H,27,30). The molecule has 0 saturated heterocycles. The van der Waals surface area contributed by atoms with Crippen LogP contribution in [-0.2, 0) is 11.0 Å². The van der Waals surface area contributed by atoms with Gasteiger partial charge in [0.2, 0.25) is 5.91 Å². The average molecular weight is 463 g/mol. The zero-order valence-electron chi connectivity index (χ0n) is 15.7. The summed E-state index contributed by atoms with van der Waals surface area (Å²) >= 11 is 7.10. The molecule has 0 unspecified atom stereocenters. The molecular formula is C21H14ClF3N4OS. The van der Waals surface area contributed by atoms with Gasteiger partial charge < -0.3 is 5.32 Å².